The lowest BCUT2D eigenvalue weighted by molar-refractivity contribution is -0.139. The number of aliphatic carboxylic acids is 1. The van der Waals surface area contributed by atoms with E-state index in [1.807, 2.05) is 27.7 Å². The van der Waals surface area contributed by atoms with E-state index in [0.717, 1.165) is 0 Å². The van der Waals surface area contributed by atoms with Gasteiger partial charge in [-0.3, -0.25) is 4.79 Å². The summed E-state index contributed by atoms with van der Waals surface area (Å²) in [5.41, 5.74) is 5.52. The highest BCUT2D eigenvalue weighted by Gasteiger charge is 2.31. The van der Waals surface area contributed by atoms with Crippen molar-refractivity contribution in [1.29, 1.82) is 0 Å². The molecule has 0 spiro atoms. The smallest absolute Gasteiger partial charge is 0.480 e. The fourth-order valence-electron chi connectivity index (χ4n) is 3.13. The maximum atomic E-state index is 12.3. The van der Waals surface area contributed by atoms with Gasteiger partial charge in [0, 0.05) is 5.92 Å². The molecule has 0 amide bonds. The van der Waals surface area contributed by atoms with Crippen LogP contribution in [0.1, 0.15) is 73.3 Å². The SMILES string of the molecule is CC(C)COC(=O)Oc1ccc(C(CC(C)OC(=O)OC(C)(C)C)[C@H](N)C(=O)O)cc1OC(=O)OCC(C)C. The number of hydrogen-bond donors (Lipinski definition) is 2. The van der Waals surface area contributed by atoms with E-state index in [1.165, 1.54) is 18.2 Å². The van der Waals surface area contributed by atoms with Crippen LogP contribution in [0.3, 0.4) is 0 Å². The summed E-state index contributed by atoms with van der Waals surface area (Å²) >= 11 is 0. The van der Waals surface area contributed by atoms with Crippen LogP contribution in [0.4, 0.5) is 14.4 Å². The molecule has 1 aromatic carbocycles. The van der Waals surface area contributed by atoms with E-state index >= 15 is 0 Å². The van der Waals surface area contributed by atoms with Gasteiger partial charge in [-0.2, -0.15) is 0 Å². The molecule has 0 bridgehead atoms. The van der Waals surface area contributed by atoms with Gasteiger partial charge in [0.15, 0.2) is 11.5 Å². The lowest BCUT2D eigenvalue weighted by Gasteiger charge is -2.26. The topological polar surface area (TPSA) is 170 Å². The van der Waals surface area contributed by atoms with E-state index < -0.39 is 48.1 Å². The van der Waals surface area contributed by atoms with Gasteiger partial charge in [-0.25, -0.2) is 14.4 Å². The summed E-state index contributed by atoms with van der Waals surface area (Å²) in [4.78, 5) is 48.4. The third-order valence-corrected chi connectivity index (χ3v) is 4.84. The number of ether oxygens (including phenoxy) is 6. The lowest BCUT2D eigenvalue weighted by Crippen LogP contribution is -2.38. The minimum Gasteiger partial charge on any atom is -0.480 e. The monoisotopic (exact) mass is 555 g/mol. The van der Waals surface area contributed by atoms with Crippen molar-refractivity contribution >= 4 is 24.4 Å². The molecule has 0 radical (unpaired) electrons. The zero-order chi connectivity index (χ0) is 29.9. The van der Waals surface area contributed by atoms with E-state index in [0.29, 0.717) is 5.56 Å². The Kier molecular flexibility index (Phi) is 13.0. The summed E-state index contributed by atoms with van der Waals surface area (Å²) < 4.78 is 31.0. The van der Waals surface area contributed by atoms with Crippen molar-refractivity contribution in [3.05, 3.63) is 23.8 Å². The molecule has 0 aliphatic rings. The molecule has 3 N–H and O–H groups in total. The number of carboxylic acid groups (broad SMARTS) is 1. The summed E-state index contributed by atoms with van der Waals surface area (Å²) in [5, 5.41) is 9.63. The molecule has 0 fully saturated rings. The molecule has 3 atom stereocenters. The Hall–Kier alpha value is -3.54. The van der Waals surface area contributed by atoms with Crippen LogP contribution >= 0.6 is 0 Å². The molecule has 0 heterocycles. The van der Waals surface area contributed by atoms with Gasteiger partial charge in [-0.15, -0.1) is 0 Å². The number of rotatable bonds is 12. The molecular formula is C27H41NO11. The standard InChI is InChI=1S/C27H41NO11/c1-15(2)13-34-24(31)37-20-10-9-18(12-21(20)38-25(32)35-14-16(3)4)19(22(28)23(29)30)11-17(5)36-26(33)39-27(6,7)8/h9-10,12,15-17,19,22H,11,13-14,28H2,1-8H3,(H,29,30)/t17?,19?,22-/m0/s1. The fourth-order valence-corrected chi connectivity index (χ4v) is 3.13. The third-order valence-electron chi connectivity index (χ3n) is 4.84. The number of carbonyl (C=O) groups is 4. The molecule has 0 saturated heterocycles. The molecular weight excluding hydrogens is 514 g/mol. The Labute approximate surface area is 229 Å². The van der Waals surface area contributed by atoms with Crippen LogP contribution in [0.5, 0.6) is 11.5 Å². The number of hydrogen-bond acceptors (Lipinski definition) is 11. The van der Waals surface area contributed by atoms with E-state index in [-0.39, 0.29) is 43.0 Å². The number of carboxylic acids is 1. The minimum atomic E-state index is -1.42. The Balaban J connectivity index is 3.30. The first kappa shape index (κ1) is 33.5. The predicted octanol–water partition coefficient (Wildman–Crippen LogP) is 5.26. The van der Waals surface area contributed by atoms with Crippen LogP contribution in [0.2, 0.25) is 0 Å². The Morgan fingerprint density at radius 3 is 1.82 bits per heavy atom. The van der Waals surface area contributed by atoms with Gasteiger partial charge < -0.3 is 39.3 Å². The van der Waals surface area contributed by atoms with Gasteiger partial charge in [0.05, 0.1) is 13.2 Å². The molecule has 1 rings (SSSR count). The van der Waals surface area contributed by atoms with Gasteiger partial charge in [0.1, 0.15) is 17.7 Å². The largest absolute Gasteiger partial charge is 0.513 e. The molecule has 39 heavy (non-hydrogen) atoms. The molecule has 1 aromatic rings. The van der Waals surface area contributed by atoms with Crippen LogP contribution in [0, 0.1) is 11.8 Å². The first-order valence-corrected chi connectivity index (χ1v) is 12.7. The van der Waals surface area contributed by atoms with Crippen LogP contribution in [-0.4, -0.2) is 60.5 Å². The second-order valence-corrected chi connectivity index (χ2v) is 10.9. The molecule has 0 aromatic heterocycles. The fraction of sp³-hybridized carbons (Fsp3) is 0.630. The minimum absolute atomic E-state index is 0.0133. The van der Waals surface area contributed by atoms with Gasteiger partial charge in [-0.05, 0) is 63.6 Å². The summed E-state index contributed by atoms with van der Waals surface area (Å²) in [6.45, 7) is 14.2. The average molecular weight is 556 g/mol. The average Bonchev–Trinajstić information content (AvgIpc) is 2.79. The van der Waals surface area contributed by atoms with Gasteiger partial charge in [0.25, 0.3) is 0 Å². The normalized spacial score (nSPS) is 13.7. The van der Waals surface area contributed by atoms with E-state index in [4.69, 9.17) is 34.2 Å². The van der Waals surface area contributed by atoms with Crippen molar-refractivity contribution in [2.45, 2.75) is 85.5 Å². The van der Waals surface area contributed by atoms with Gasteiger partial charge >= 0.3 is 24.4 Å². The van der Waals surface area contributed by atoms with Crippen molar-refractivity contribution in [2.75, 3.05) is 13.2 Å². The zero-order valence-electron chi connectivity index (χ0n) is 23.8. The van der Waals surface area contributed by atoms with Crippen LogP contribution < -0.4 is 15.2 Å². The Bertz CT molecular complexity index is 984. The summed E-state index contributed by atoms with van der Waals surface area (Å²) in [6.07, 6.45) is -3.80. The van der Waals surface area contributed by atoms with Gasteiger partial charge in [0.2, 0.25) is 0 Å². The van der Waals surface area contributed by atoms with E-state index in [1.54, 1.807) is 27.7 Å². The Morgan fingerprint density at radius 1 is 0.846 bits per heavy atom. The molecule has 0 aliphatic heterocycles. The number of carbonyl (C=O) groups excluding carboxylic acids is 3. The summed E-state index contributed by atoms with van der Waals surface area (Å²) in [5.74, 6) is -2.49. The highest BCUT2D eigenvalue weighted by Crippen LogP contribution is 2.35. The molecule has 12 heteroatoms. The zero-order valence-corrected chi connectivity index (χ0v) is 23.8. The third kappa shape index (κ3) is 13.2. The lowest BCUT2D eigenvalue weighted by atomic mass is 9.87. The van der Waals surface area contributed by atoms with E-state index in [9.17, 15) is 24.3 Å². The van der Waals surface area contributed by atoms with Crippen LogP contribution in [0.25, 0.3) is 0 Å². The maximum Gasteiger partial charge on any atom is 0.513 e. The highest BCUT2D eigenvalue weighted by atomic mass is 16.7. The second-order valence-electron chi connectivity index (χ2n) is 10.9. The first-order valence-electron chi connectivity index (χ1n) is 12.7. The quantitative estimate of drug-likeness (QED) is 0.195. The molecule has 12 nitrogen and oxygen atoms in total. The predicted molar refractivity (Wildman–Crippen MR) is 140 cm³/mol. The molecule has 220 valence electrons. The van der Waals surface area contributed by atoms with Crippen molar-refractivity contribution < 1.29 is 52.7 Å². The van der Waals surface area contributed by atoms with Crippen molar-refractivity contribution in [3.8, 4) is 11.5 Å². The Morgan fingerprint density at radius 2 is 1.36 bits per heavy atom. The summed E-state index contributed by atoms with van der Waals surface area (Å²) in [6, 6.07) is 2.68. The second kappa shape index (κ2) is 15.2. The van der Waals surface area contributed by atoms with Crippen molar-refractivity contribution in [2.24, 2.45) is 17.6 Å². The van der Waals surface area contributed by atoms with Crippen LogP contribution in [0.15, 0.2) is 18.2 Å². The van der Waals surface area contributed by atoms with Gasteiger partial charge in [-0.1, -0.05) is 33.8 Å². The van der Waals surface area contributed by atoms with E-state index in [2.05, 4.69) is 0 Å². The summed E-state index contributed by atoms with van der Waals surface area (Å²) in [7, 11) is 0. The number of benzene rings is 1. The molecule has 2 unspecified atom stereocenters. The van der Waals surface area contributed by atoms with Crippen molar-refractivity contribution in [1.82, 2.24) is 0 Å². The van der Waals surface area contributed by atoms with Crippen LogP contribution in [-0.2, 0) is 23.7 Å². The molecule has 0 aliphatic carbocycles. The maximum absolute atomic E-state index is 12.3. The molecule has 0 saturated carbocycles. The highest BCUT2D eigenvalue weighted by molar-refractivity contribution is 5.75. The number of nitrogens with two attached hydrogens (primary N) is 1. The first-order chi connectivity index (χ1) is 18.0. The van der Waals surface area contributed by atoms with Crippen molar-refractivity contribution in [3.63, 3.8) is 0 Å².